The van der Waals surface area contributed by atoms with E-state index in [0.29, 0.717) is 23.0 Å². The first-order valence-corrected chi connectivity index (χ1v) is 8.58. The Bertz CT molecular complexity index is 701. The molecule has 0 bridgehead atoms. The molecule has 7 nitrogen and oxygen atoms in total. The topological polar surface area (TPSA) is 86.5 Å². The highest BCUT2D eigenvalue weighted by atomic mass is 35.5. The lowest BCUT2D eigenvalue weighted by Crippen LogP contribution is -2.27. The Labute approximate surface area is 158 Å². The highest BCUT2D eigenvalue weighted by Crippen LogP contribution is 2.19. The zero-order chi connectivity index (χ0) is 17.5. The van der Waals surface area contributed by atoms with Crippen molar-refractivity contribution in [2.75, 3.05) is 20.2 Å². The molecule has 1 aromatic heterocycles. The second-order valence-corrected chi connectivity index (χ2v) is 6.14. The molecule has 0 amide bonds. The molecule has 1 N–H and O–H groups in total. The Morgan fingerprint density at radius 3 is 2.92 bits per heavy atom. The number of benzene rings is 1. The second-order valence-electron chi connectivity index (χ2n) is 6.14. The summed E-state index contributed by atoms with van der Waals surface area (Å²) in [5.41, 5.74) is 0.441. The fourth-order valence-electron chi connectivity index (χ4n) is 2.93. The van der Waals surface area contributed by atoms with Crippen LogP contribution in [0.3, 0.4) is 0 Å². The highest BCUT2D eigenvalue weighted by molar-refractivity contribution is 5.89. The normalized spacial score (nSPS) is 14.5. The first-order chi connectivity index (χ1) is 12.2. The summed E-state index contributed by atoms with van der Waals surface area (Å²) in [5.74, 6) is 2.05. The molecular weight excluding hydrogens is 358 g/mol. The Kier molecular flexibility index (Phi) is 7.87. The standard InChI is InChI=1S/C18H23N3O4.ClH/c1-23-18(22)14-3-2-4-15(11-14)24-12-16-20-17(25-21-16)6-5-13-7-9-19-10-8-13;/h2-4,11,13,19H,5-10,12H2,1H3;1H. The van der Waals surface area contributed by atoms with Crippen LogP contribution in [0.25, 0.3) is 0 Å². The molecule has 2 aromatic rings. The van der Waals surface area contributed by atoms with Gasteiger partial charge in [-0.2, -0.15) is 4.98 Å². The van der Waals surface area contributed by atoms with Crippen LogP contribution in [0.1, 0.15) is 41.3 Å². The Morgan fingerprint density at radius 2 is 2.15 bits per heavy atom. The first kappa shape index (κ1) is 20.2. The number of aryl methyl sites for hydroxylation is 1. The third-order valence-electron chi connectivity index (χ3n) is 4.36. The molecule has 8 heteroatoms. The number of hydrogen-bond donors (Lipinski definition) is 1. The molecule has 1 aromatic carbocycles. The van der Waals surface area contributed by atoms with E-state index in [4.69, 9.17) is 14.0 Å². The zero-order valence-corrected chi connectivity index (χ0v) is 15.6. The minimum atomic E-state index is -0.398. The van der Waals surface area contributed by atoms with Gasteiger partial charge in [0, 0.05) is 6.42 Å². The van der Waals surface area contributed by atoms with Gasteiger partial charge in [-0.3, -0.25) is 0 Å². The summed E-state index contributed by atoms with van der Waals surface area (Å²) in [6, 6.07) is 6.81. The van der Waals surface area contributed by atoms with Crippen LogP contribution in [0.5, 0.6) is 5.75 Å². The molecule has 0 radical (unpaired) electrons. The second kappa shape index (κ2) is 10.1. The highest BCUT2D eigenvalue weighted by Gasteiger charge is 2.15. The largest absolute Gasteiger partial charge is 0.485 e. The molecular formula is C18H24ClN3O4. The smallest absolute Gasteiger partial charge is 0.337 e. The molecule has 1 saturated heterocycles. The molecule has 1 aliphatic heterocycles. The lowest BCUT2D eigenvalue weighted by molar-refractivity contribution is 0.0600. The quantitative estimate of drug-likeness (QED) is 0.738. The van der Waals surface area contributed by atoms with E-state index in [1.807, 2.05) is 0 Å². The third kappa shape index (κ3) is 5.71. The minimum absolute atomic E-state index is 0. The van der Waals surface area contributed by atoms with E-state index in [1.165, 1.54) is 20.0 Å². The lowest BCUT2D eigenvalue weighted by Gasteiger charge is -2.21. The van der Waals surface area contributed by atoms with Gasteiger partial charge in [-0.15, -0.1) is 12.4 Å². The van der Waals surface area contributed by atoms with Gasteiger partial charge in [0.25, 0.3) is 0 Å². The Balaban J connectivity index is 0.00000243. The molecule has 1 fully saturated rings. The number of ether oxygens (including phenoxy) is 2. The maximum Gasteiger partial charge on any atom is 0.337 e. The average molecular weight is 382 g/mol. The molecule has 26 heavy (non-hydrogen) atoms. The average Bonchev–Trinajstić information content (AvgIpc) is 3.13. The molecule has 0 unspecified atom stereocenters. The number of nitrogens with zero attached hydrogens (tertiary/aromatic N) is 2. The summed E-state index contributed by atoms with van der Waals surface area (Å²) >= 11 is 0. The molecule has 0 saturated carbocycles. The van der Waals surface area contributed by atoms with Crippen molar-refractivity contribution in [3.05, 3.63) is 41.5 Å². The Morgan fingerprint density at radius 1 is 1.35 bits per heavy atom. The molecule has 0 spiro atoms. The van der Waals surface area contributed by atoms with Gasteiger partial charge in [-0.1, -0.05) is 11.2 Å². The summed E-state index contributed by atoms with van der Waals surface area (Å²) < 4.78 is 15.6. The van der Waals surface area contributed by atoms with E-state index in [0.717, 1.165) is 31.8 Å². The number of esters is 1. The number of carbonyl (C=O) groups excluding carboxylic acids is 1. The van der Waals surface area contributed by atoms with Crippen LogP contribution in [0.2, 0.25) is 0 Å². The summed E-state index contributed by atoms with van der Waals surface area (Å²) in [7, 11) is 1.35. The van der Waals surface area contributed by atoms with E-state index >= 15 is 0 Å². The van der Waals surface area contributed by atoms with Crippen LogP contribution >= 0.6 is 12.4 Å². The van der Waals surface area contributed by atoms with Crippen molar-refractivity contribution in [1.29, 1.82) is 0 Å². The van der Waals surface area contributed by atoms with Crippen molar-refractivity contribution in [3.8, 4) is 5.75 Å². The van der Waals surface area contributed by atoms with Gasteiger partial charge in [-0.05, 0) is 56.5 Å². The van der Waals surface area contributed by atoms with Gasteiger partial charge in [0.2, 0.25) is 11.7 Å². The zero-order valence-electron chi connectivity index (χ0n) is 14.8. The van der Waals surface area contributed by atoms with Crippen LogP contribution in [0.15, 0.2) is 28.8 Å². The summed E-state index contributed by atoms with van der Waals surface area (Å²) in [6.07, 6.45) is 4.29. The van der Waals surface area contributed by atoms with Crippen LogP contribution in [-0.2, 0) is 17.8 Å². The van der Waals surface area contributed by atoms with Gasteiger partial charge in [0.1, 0.15) is 5.75 Å². The van der Waals surface area contributed by atoms with E-state index in [2.05, 4.69) is 15.5 Å². The predicted octanol–water partition coefficient (Wildman–Crippen LogP) is 2.79. The number of aromatic nitrogens is 2. The van der Waals surface area contributed by atoms with Crippen LogP contribution in [-0.4, -0.2) is 36.3 Å². The summed E-state index contributed by atoms with van der Waals surface area (Å²) in [6.45, 7) is 2.39. The molecule has 3 rings (SSSR count). The minimum Gasteiger partial charge on any atom is -0.485 e. The summed E-state index contributed by atoms with van der Waals surface area (Å²) in [4.78, 5) is 15.9. The number of rotatable bonds is 7. The van der Waals surface area contributed by atoms with Crippen molar-refractivity contribution < 1.29 is 18.8 Å². The van der Waals surface area contributed by atoms with Gasteiger partial charge >= 0.3 is 5.97 Å². The van der Waals surface area contributed by atoms with Gasteiger partial charge < -0.3 is 19.3 Å². The number of piperidine rings is 1. The molecule has 2 heterocycles. The van der Waals surface area contributed by atoms with Crippen LogP contribution in [0, 0.1) is 5.92 Å². The van der Waals surface area contributed by atoms with Gasteiger partial charge in [0.05, 0.1) is 12.7 Å². The number of hydrogen-bond acceptors (Lipinski definition) is 7. The van der Waals surface area contributed by atoms with E-state index < -0.39 is 5.97 Å². The van der Waals surface area contributed by atoms with Crippen LogP contribution < -0.4 is 10.1 Å². The number of carbonyl (C=O) groups is 1. The van der Waals surface area contributed by atoms with Crippen molar-refractivity contribution >= 4 is 18.4 Å². The van der Waals surface area contributed by atoms with Crippen molar-refractivity contribution in [2.45, 2.75) is 32.3 Å². The fourth-order valence-corrected chi connectivity index (χ4v) is 2.93. The number of halogens is 1. The predicted molar refractivity (Wildman–Crippen MR) is 97.6 cm³/mol. The van der Waals surface area contributed by atoms with Crippen LogP contribution in [0.4, 0.5) is 0 Å². The maximum absolute atomic E-state index is 11.5. The molecule has 142 valence electrons. The van der Waals surface area contributed by atoms with E-state index in [9.17, 15) is 4.79 Å². The lowest BCUT2D eigenvalue weighted by atomic mass is 9.93. The third-order valence-corrected chi connectivity index (χ3v) is 4.36. The van der Waals surface area contributed by atoms with Gasteiger partial charge in [-0.25, -0.2) is 4.79 Å². The maximum atomic E-state index is 11.5. The molecule has 0 atom stereocenters. The van der Waals surface area contributed by atoms with E-state index in [-0.39, 0.29) is 19.0 Å². The SMILES string of the molecule is COC(=O)c1cccc(OCc2noc(CCC3CCNCC3)n2)c1.Cl. The first-order valence-electron chi connectivity index (χ1n) is 8.58. The Hall–Kier alpha value is -2.12. The molecule has 0 aliphatic carbocycles. The number of methoxy groups -OCH3 is 1. The van der Waals surface area contributed by atoms with Crippen molar-refractivity contribution in [1.82, 2.24) is 15.5 Å². The van der Waals surface area contributed by atoms with Gasteiger partial charge in [0.15, 0.2) is 6.61 Å². The molecule has 1 aliphatic rings. The van der Waals surface area contributed by atoms with Crippen molar-refractivity contribution in [2.24, 2.45) is 5.92 Å². The fraction of sp³-hybridized carbons (Fsp3) is 0.500. The summed E-state index contributed by atoms with van der Waals surface area (Å²) in [5, 5.41) is 7.32. The van der Waals surface area contributed by atoms with E-state index in [1.54, 1.807) is 24.3 Å². The van der Waals surface area contributed by atoms with Crippen molar-refractivity contribution in [3.63, 3.8) is 0 Å². The monoisotopic (exact) mass is 381 g/mol. The number of nitrogens with one attached hydrogen (secondary N) is 1.